The summed E-state index contributed by atoms with van der Waals surface area (Å²) in [5.74, 6) is 0.475. The zero-order valence-electron chi connectivity index (χ0n) is 9.92. The van der Waals surface area contributed by atoms with Gasteiger partial charge in [0.2, 0.25) is 0 Å². The molecule has 0 amide bonds. The van der Waals surface area contributed by atoms with E-state index in [4.69, 9.17) is 0 Å². The van der Waals surface area contributed by atoms with E-state index in [1.807, 2.05) is 6.07 Å². The van der Waals surface area contributed by atoms with Crippen molar-refractivity contribution >= 4 is 11.8 Å². The van der Waals surface area contributed by atoms with Gasteiger partial charge in [-0.2, -0.15) is 0 Å². The molecule has 1 saturated heterocycles. The lowest BCUT2D eigenvalue weighted by Gasteiger charge is -2.23. The second-order valence-electron chi connectivity index (χ2n) is 5.05. The van der Waals surface area contributed by atoms with Crippen LogP contribution in [0.5, 0.6) is 0 Å². The zero-order chi connectivity index (χ0) is 11.7. The van der Waals surface area contributed by atoms with Crippen molar-refractivity contribution < 1.29 is 4.39 Å². The Morgan fingerprint density at radius 2 is 2.12 bits per heavy atom. The van der Waals surface area contributed by atoms with E-state index >= 15 is 0 Å². The highest BCUT2D eigenvalue weighted by atomic mass is 32.2. The smallest absolute Gasteiger partial charge is 0.137 e. The number of nitrogens with one attached hydrogen (secondary N) is 1. The van der Waals surface area contributed by atoms with Crippen LogP contribution in [0.2, 0.25) is 0 Å². The van der Waals surface area contributed by atoms with Gasteiger partial charge in [0, 0.05) is 16.7 Å². The topological polar surface area (TPSA) is 12.0 Å². The molecule has 2 fully saturated rings. The van der Waals surface area contributed by atoms with Gasteiger partial charge in [0.25, 0.3) is 0 Å². The number of rotatable bonds is 3. The van der Waals surface area contributed by atoms with Crippen molar-refractivity contribution in [2.75, 3.05) is 13.1 Å². The van der Waals surface area contributed by atoms with E-state index in [1.165, 1.54) is 25.7 Å². The summed E-state index contributed by atoms with van der Waals surface area (Å²) in [5.41, 5.74) is 1.16. The molecule has 3 heteroatoms. The number of hydrogen-bond acceptors (Lipinski definition) is 2. The second-order valence-corrected chi connectivity index (χ2v) is 6.39. The van der Waals surface area contributed by atoms with Gasteiger partial charge < -0.3 is 5.32 Å². The van der Waals surface area contributed by atoms with Crippen LogP contribution in [0.25, 0.3) is 0 Å². The number of hydrogen-bond donors (Lipinski definition) is 1. The first-order valence-corrected chi connectivity index (χ1v) is 7.38. The highest BCUT2D eigenvalue weighted by molar-refractivity contribution is 8.00. The Kier molecular flexibility index (Phi) is 3.39. The van der Waals surface area contributed by atoms with Crippen molar-refractivity contribution in [2.45, 2.75) is 41.7 Å². The maximum absolute atomic E-state index is 14.0. The molecule has 92 valence electrons. The van der Waals surface area contributed by atoms with E-state index < -0.39 is 0 Å². The van der Waals surface area contributed by atoms with Crippen LogP contribution in [0.4, 0.5) is 4.39 Å². The quantitative estimate of drug-likeness (QED) is 0.881. The first kappa shape index (κ1) is 11.5. The van der Waals surface area contributed by atoms with Crippen LogP contribution in [0, 0.1) is 5.82 Å². The van der Waals surface area contributed by atoms with E-state index in [9.17, 15) is 4.39 Å². The average molecular weight is 251 g/mol. The Hall–Kier alpha value is -0.540. The number of halogens is 1. The van der Waals surface area contributed by atoms with Crippen LogP contribution in [0.1, 0.15) is 37.2 Å². The average Bonchev–Trinajstić information content (AvgIpc) is 3.17. The molecule has 0 aromatic heterocycles. The van der Waals surface area contributed by atoms with Crippen molar-refractivity contribution in [3.8, 4) is 0 Å². The van der Waals surface area contributed by atoms with Gasteiger partial charge in [-0.3, -0.25) is 0 Å². The molecule has 1 aromatic carbocycles. The lowest BCUT2D eigenvalue weighted by molar-refractivity contribution is 0.459. The third-order valence-corrected chi connectivity index (χ3v) is 4.93. The van der Waals surface area contributed by atoms with Crippen molar-refractivity contribution in [1.29, 1.82) is 0 Å². The van der Waals surface area contributed by atoms with Gasteiger partial charge in [-0.1, -0.05) is 6.07 Å². The van der Waals surface area contributed by atoms with Gasteiger partial charge in [-0.05, 0) is 55.8 Å². The van der Waals surface area contributed by atoms with Crippen molar-refractivity contribution in [1.82, 2.24) is 5.32 Å². The van der Waals surface area contributed by atoms with Crippen molar-refractivity contribution in [2.24, 2.45) is 0 Å². The fourth-order valence-electron chi connectivity index (χ4n) is 2.37. The molecule has 1 saturated carbocycles. The first-order chi connectivity index (χ1) is 8.33. The minimum Gasteiger partial charge on any atom is -0.316 e. The highest BCUT2D eigenvalue weighted by Gasteiger charge is 2.24. The Labute approximate surface area is 106 Å². The van der Waals surface area contributed by atoms with Gasteiger partial charge in [-0.15, -0.1) is 11.8 Å². The summed E-state index contributed by atoms with van der Waals surface area (Å²) in [6, 6.07) is 5.84. The third kappa shape index (κ3) is 2.83. The maximum atomic E-state index is 14.0. The highest BCUT2D eigenvalue weighted by Crippen LogP contribution is 2.40. The molecule has 2 aliphatic rings. The molecule has 1 nitrogen and oxygen atoms in total. The Balaban J connectivity index is 1.74. The lowest BCUT2D eigenvalue weighted by Crippen LogP contribution is -2.28. The minimum atomic E-state index is -0.0232. The number of benzene rings is 1. The Morgan fingerprint density at radius 1 is 1.24 bits per heavy atom. The molecule has 17 heavy (non-hydrogen) atoms. The summed E-state index contributed by atoms with van der Waals surface area (Å²) in [7, 11) is 0. The van der Waals surface area contributed by atoms with Gasteiger partial charge in [-0.25, -0.2) is 4.39 Å². The van der Waals surface area contributed by atoms with Crippen LogP contribution in [-0.2, 0) is 0 Å². The van der Waals surface area contributed by atoms with E-state index in [-0.39, 0.29) is 5.82 Å². The molecule has 0 bridgehead atoms. The molecule has 1 atom stereocenters. The molecule has 0 radical (unpaired) electrons. The fraction of sp³-hybridized carbons (Fsp3) is 0.571. The summed E-state index contributed by atoms with van der Waals surface area (Å²) >= 11 is 1.70. The van der Waals surface area contributed by atoms with E-state index in [1.54, 1.807) is 17.8 Å². The third-order valence-electron chi connectivity index (χ3n) is 3.54. The van der Waals surface area contributed by atoms with E-state index in [0.717, 1.165) is 23.5 Å². The molecular weight excluding hydrogens is 233 g/mol. The summed E-state index contributed by atoms with van der Waals surface area (Å²) < 4.78 is 14.0. The summed E-state index contributed by atoms with van der Waals surface area (Å²) in [5, 5.41) is 4.05. The summed E-state index contributed by atoms with van der Waals surface area (Å²) in [6.45, 7) is 2.10. The van der Waals surface area contributed by atoms with Crippen LogP contribution in [0.15, 0.2) is 23.1 Å². The Morgan fingerprint density at radius 3 is 2.76 bits per heavy atom. The lowest BCUT2D eigenvalue weighted by atomic mass is 9.92. The van der Waals surface area contributed by atoms with Crippen LogP contribution >= 0.6 is 11.8 Å². The van der Waals surface area contributed by atoms with Gasteiger partial charge in [0.05, 0.1) is 0 Å². The molecule has 1 heterocycles. The second kappa shape index (κ2) is 4.99. The summed E-state index contributed by atoms with van der Waals surface area (Å²) in [6.07, 6.45) is 4.88. The van der Waals surface area contributed by atoms with E-state index in [0.29, 0.717) is 11.2 Å². The van der Waals surface area contributed by atoms with Crippen molar-refractivity contribution in [3.05, 3.63) is 29.6 Å². The standard InChI is InChI=1S/C14H18FNS/c15-13-8-10(11-2-1-7-16-9-11)3-6-14(13)17-12-4-5-12/h3,6,8,11-12,16H,1-2,4-5,7,9H2. The molecule has 1 unspecified atom stereocenters. The summed E-state index contributed by atoms with van der Waals surface area (Å²) in [4.78, 5) is 0.833. The monoisotopic (exact) mass is 251 g/mol. The van der Waals surface area contributed by atoms with Crippen LogP contribution in [-0.4, -0.2) is 18.3 Å². The molecule has 1 aromatic rings. The normalized spacial score (nSPS) is 24.9. The predicted octanol–water partition coefficient (Wildman–Crippen LogP) is 3.55. The van der Waals surface area contributed by atoms with Gasteiger partial charge >= 0.3 is 0 Å². The molecule has 1 aliphatic carbocycles. The number of thioether (sulfide) groups is 1. The number of piperidine rings is 1. The minimum absolute atomic E-state index is 0.0232. The van der Waals surface area contributed by atoms with Crippen LogP contribution in [0.3, 0.4) is 0 Å². The molecule has 1 N–H and O–H groups in total. The van der Waals surface area contributed by atoms with Crippen LogP contribution < -0.4 is 5.32 Å². The molecule has 3 rings (SSSR count). The maximum Gasteiger partial charge on any atom is 0.137 e. The molecule has 1 aliphatic heterocycles. The fourth-order valence-corrected chi connectivity index (χ4v) is 3.42. The first-order valence-electron chi connectivity index (χ1n) is 6.50. The largest absolute Gasteiger partial charge is 0.316 e. The predicted molar refractivity (Wildman–Crippen MR) is 70.1 cm³/mol. The van der Waals surface area contributed by atoms with Gasteiger partial charge in [0.1, 0.15) is 5.82 Å². The zero-order valence-corrected chi connectivity index (χ0v) is 10.7. The van der Waals surface area contributed by atoms with E-state index in [2.05, 4.69) is 11.4 Å². The molecular formula is C14H18FNS. The Bertz CT molecular complexity index is 397. The molecule has 0 spiro atoms. The van der Waals surface area contributed by atoms with Gasteiger partial charge in [0.15, 0.2) is 0 Å². The SMILES string of the molecule is Fc1cc(C2CCCNC2)ccc1SC1CC1. The van der Waals surface area contributed by atoms with Crippen molar-refractivity contribution in [3.63, 3.8) is 0 Å².